The van der Waals surface area contributed by atoms with Crippen LogP contribution in [-0.4, -0.2) is 67.8 Å². The Balaban J connectivity index is 1.94. The van der Waals surface area contributed by atoms with Crippen LogP contribution < -0.4 is 4.90 Å². The first-order valence-corrected chi connectivity index (χ1v) is 13.9. The van der Waals surface area contributed by atoms with Gasteiger partial charge in [-0.1, -0.05) is 43.4 Å². The number of hydrogen-bond donors (Lipinski definition) is 0. The lowest BCUT2D eigenvalue weighted by atomic mass is 10.2. The van der Waals surface area contributed by atoms with E-state index in [1.807, 2.05) is 13.8 Å². The molecule has 0 saturated carbocycles. The molecule has 0 aliphatic carbocycles. The van der Waals surface area contributed by atoms with Gasteiger partial charge in [-0.3, -0.25) is 9.69 Å². The predicted octanol–water partition coefficient (Wildman–Crippen LogP) is 4.79. The van der Waals surface area contributed by atoms with Crippen molar-refractivity contribution in [3.05, 3.63) is 79.2 Å². The smallest absolute Gasteiger partial charge is 0.260 e. The summed E-state index contributed by atoms with van der Waals surface area (Å²) in [5.41, 5.74) is 0.538. The lowest BCUT2D eigenvalue weighted by Gasteiger charge is -2.25. The van der Waals surface area contributed by atoms with E-state index in [-0.39, 0.29) is 29.4 Å². The molecule has 10 heteroatoms. The Morgan fingerprint density at radius 1 is 1.03 bits per heavy atom. The quantitative estimate of drug-likeness (QED) is 0.297. The number of benzene rings is 2. The van der Waals surface area contributed by atoms with Gasteiger partial charge in [0.05, 0.1) is 9.60 Å². The van der Waals surface area contributed by atoms with E-state index in [9.17, 15) is 17.6 Å². The van der Waals surface area contributed by atoms with E-state index < -0.39 is 15.8 Å². The van der Waals surface area contributed by atoms with E-state index in [4.69, 9.17) is 0 Å². The van der Waals surface area contributed by atoms with Gasteiger partial charge in [-0.15, -0.1) is 13.2 Å². The predicted molar refractivity (Wildman–Crippen MR) is 145 cm³/mol. The number of carbonyl (C=O) groups excluding carboxylic acids is 1. The number of aromatic nitrogens is 1. The van der Waals surface area contributed by atoms with E-state index in [1.54, 1.807) is 12.1 Å². The van der Waals surface area contributed by atoms with Crippen molar-refractivity contribution >= 4 is 42.6 Å². The molecular weight excluding hydrogens is 499 g/mol. The summed E-state index contributed by atoms with van der Waals surface area (Å²) in [5.74, 6) is -0.774. The molecule has 0 spiro atoms. The molecule has 3 rings (SSSR count). The summed E-state index contributed by atoms with van der Waals surface area (Å²) in [6.45, 7) is 14.2. The number of thiazole rings is 1. The molecule has 0 saturated heterocycles. The molecule has 3 aromatic rings. The van der Waals surface area contributed by atoms with Gasteiger partial charge < -0.3 is 4.90 Å². The summed E-state index contributed by atoms with van der Waals surface area (Å²) >= 11 is 1.25. The van der Waals surface area contributed by atoms with Crippen molar-refractivity contribution in [2.45, 2.75) is 18.7 Å². The van der Waals surface area contributed by atoms with Gasteiger partial charge in [-0.2, -0.15) is 4.31 Å². The number of anilines is 1. The largest absolute Gasteiger partial charge is 0.302 e. The van der Waals surface area contributed by atoms with Gasteiger partial charge in [0.15, 0.2) is 5.13 Å². The van der Waals surface area contributed by atoms with Crippen molar-refractivity contribution in [2.24, 2.45) is 0 Å². The third kappa shape index (κ3) is 6.07. The molecule has 7 nitrogen and oxygen atoms in total. The number of carbonyl (C=O) groups is 1. The molecule has 0 fully saturated rings. The highest BCUT2D eigenvalue weighted by Gasteiger charge is 2.25. The van der Waals surface area contributed by atoms with Crippen LogP contribution in [0.15, 0.2) is 72.7 Å². The lowest BCUT2D eigenvalue weighted by molar-refractivity contribution is 0.0983. The molecule has 36 heavy (non-hydrogen) atoms. The summed E-state index contributed by atoms with van der Waals surface area (Å²) in [7, 11) is -3.78. The average Bonchev–Trinajstić information content (AvgIpc) is 3.31. The summed E-state index contributed by atoms with van der Waals surface area (Å²) < 4.78 is 42.2. The number of hydrogen-bond acceptors (Lipinski definition) is 6. The molecule has 1 aromatic heterocycles. The van der Waals surface area contributed by atoms with Crippen LogP contribution in [0.1, 0.15) is 24.2 Å². The van der Waals surface area contributed by atoms with Gasteiger partial charge in [0, 0.05) is 31.7 Å². The fourth-order valence-electron chi connectivity index (χ4n) is 3.72. The fourth-order valence-corrected chi connectivity index (χ4v) is 6.10. The Morgan fingerprint density at radius 3 is 2.22 bits per heavy atom. The van der Waals surface area contributed by atoms with E-state index in [2.05, 4.69) is 23.0 Å². The molecule has 0 atom stereocenters. The number of sulfonamides is 1. The first kappa shape index (κ1) is 27.7. The topological polar surface area (TPSA) is 73.8 Å². The zero-order valence-electron chi connectivity index (χ0n) is 20.6. The van der Waals surface area contributed by atoms with Crippen LogP contribution in [-0.2, 0) is 10.0 Å². The van der Waals surface area contributed by atoms with Crippen molar-refractivity contribution in [3.8, 4) is 0 Å². The molecule has 0 N–H and O–H groups in total. The minimum absolute atomic E-state index is 0.0690. The highest BCUT2D eigenvalue weighted by Crippen LogP contribution is 2.31. The van der Waals surface area contributed by atoms with Crippen LogP contribution in [0.25, 0.3) is 10.2 Å². The average molecular weight is 531 g/mol. The number of amides is 1. The van der Waals surface area contributed by atoms with Gasteiger partial charge in [-0.25, -0.2) is 17.8 Å². The molecular formula is C26H31FN4O3S2. The molecule has 0 radical (unpaired) electrons. The van der Waals surface area contributed by atoms with Gasteiger partial charge in [-0.05, 0) is 49.5 Å². The van der Waals surface area contributed by atoms with E-state index in [1.165, 1.54) is 63.0 Å². The molecule has 0 unspecified atom stereocenters. The van der Waals surface area contributed by atoms with Crippen LogP contribution in [0.5, 0.6) is 0 Å². The van der Waals surface area contributed by atoms with Crippen LogP contribution in [0.4, 0.5) is 9.52 Å². The third-order valence-electron chi connectivity index (χ3n) is 5.77. The molecule has 2 aromatic carbocycles. The Bertz CT molecular complexity index is 1310. The maximum Gasteiger partial charge on any atom is 0.260 e. The summed E-state index contributed by atoms with van der Waals surface area (Å²) in [6.07, 6.45) is 3.01. The molecule has 0 aliphatic rings. The minimum atomic E-state index is -3.78. The summed E-state index contributed by atoms with van der Waals surface area (Å²) in [4.78, 5) is 21.8. The summed E-state index contributed by atoms with van der Waals surface area (Å²) in [6, 6.07) is 10.5. The number of para-hydroxylation sites is 1. The second kappa shape index (κ2) is 12.4. The highest BCUT2D eigenvalue weighted by molar-refractivity contribution is 7.89. The van der Waals surface area contributed by atoms with Gasteiger partial charge >= 0.3 is 0 Å². The second-order valence-electron chi connectivity index (χ2n) is 7.99. The van der Waals surface area contributed by atoms with Crippen molar-refractivity contribution in [3.63, 3.8) is 0 Å². The van der Waals surface area contributed by atoms with Crippen LogP contribution in [0.2, 0.25) is 0 Å². The van der Waals surface area contributed by atoms with Crippen LogP contribution in [0, 0.1) is 5.82 Å². The Labute approximate surface area is 216 Å². The van der Waals surface area contributed by atoms with E-state index in [0.29, 0.717) is 28.5 Å². The molecule has 192 valence electrons. The number of likely N-dealkylation sites (N-methyl/N-ethyl adjacent to an activating group) is 1. The Hall–Kier alpha value is -2.92. The number of halogens is 1. The van der Waals surface area contributed by atoms with Crippen molar-refractivity contribution in [1.29, 1.82) is 0 Å². The zero-order valence-corrected chi connectivity index (χ0v) is 22.2. The standard InChI is InChI=1S/C26H31FN4O3S2/c1-5-16-30(17-6-2)36(33,34)21-14-12-20(13-15-21)25(32)31(19-18-29(7-3)8-4)26-28-24-22(27)10-9-11-23(24)35-26/h5-6,9-15H,1-2,7-8,16-19H2,3-4H3. The van der Waals surface area contributed by atoms with E-state index in [0.717, 1.165) is 13.1 Å². The Morgan fingerprint density at radius 2 is 1.67 bits per heavy atom. The SMILES string of the molecule is C=CCN(CC=C)S(=O)(=O)c1ccc(C(=O)N(CCN(CC)CC)c2nc3c(F)cccc3s2)cc1. The number of rotatable bonds is 13. The minimum Gasteiger partial charge on any atom is -0.302 e. The molecule has 1 amide bonds. The lowest BCUT2D eigenvalue weighted by Crippen LogP contribution is -2.39. The molecule has 1 heterocycles. The van der Waals surface area contributed by atoms with Crippen molar-refractivity contribution in [2.75, 3.05) is 44.2 Å². The maximum absolute atomic E-state index is 14.3. The first-order valence-electron chi connectivity index (χ1n) is 11.7. The highest BCUT2D eigenvalue weighted by atomic mass is 32.2. The first-order chi connectivity index (χ1) is 17.3. The Kier molecular flexibility index (Phi) is 9.49. The van der Waals surface area contributed by atoms with Crippen molar-refractivity contribution < 1.29 is 17.6 Å². The molecule has 0 bridgehead atoms. The maximum atomic E-state index is 14.3. The van der Waals surface area contributed by atoms with Gasteiger partial charge in [0.2, 0.25) is 10.0 Å². The monoisotopic (exact) mass is 530 g/mol. The van der Waals surface area contributed by atoms with Gasteiger partial charge in [0.25, 0.3) is 5.91 Å². The second-order valence-corrected chi connectivity index (χ2v) is 10.9. The fraction of sp³-hybridized carbons (Fsp3) is 0.308. The number of nitrogens with zero attached hydrogens (tertiary/aromatic N) is 4. The normalized spacial score (nSPS) is 11.8. The van der Waals surface area contributed by atoms with Crippen LogP contribution in [0.3, 0.4) is 0 Å². The van der Waals surface area contributed by atoms with E-state index >= 15 is 0 Å². The summed E-state index contributed by atoms with van der Waals surface area (Å²) in [5, 5.41) is 0.395. The number of fused-ring (bicyclic) bond motifs is 1. The molecule has 0 aliphatic heterocycles. The third-order valence-corrected chi connectivity index (χ3v) is 8.66. The van der Waals surface area contributed by atoms with Crippen molar-refractivity contribution in [1.82, 2.24) is 14.2 Å². The van der Waals surface area contributed by atoms with Gasteiger partial charge in [0.1, 0.15) is 11.3 Å². The zero-order chi connectivity index (χ0) is 26.3. The van der Waals surface area contributed by atoms with Crippen LogP contribution >= 0.6 is 11.3 Å².